The van der Waals surface area contributed by atoms with E-state index in [0.29, 0.717) is 19.4 Å². The number of hydrogen-bond donors (Lipinski definition) is 4. The summed E-state index contributed by atoms with van der Waals surface area (Å²) < 4.78 is 26.8. The zero-order valence-electron chi connectivity index (χ0n) is 30.6. The molecule has 0 bridgehead atoms. The van der Waals surface area contributed by atoms with Gasteiger partial charge in [0.15, 0.2) is 0 Å². The molecule has 48 heavy (non-hydrogen) atoms. The van der Waals surface area contributed by atoms with Crippen molar-refractivity contribution in [1.29, 1.82) is 0 Å². The molecule has 5 amide bonds. The van der Waals surface area contributed by atoms with Crippen molar-refractivity contribution in [3.8, 4) is 0 Å². The molecule has 0 spiro atoms. The van der Waals surface area contributed by atoms with Crippen LogP contribution in [0.3, 0.4) is 0 Å². The van der Waals surface area contributed by atoms with Gasteiger partial charge in [-0.15, -0.1) is 6.58 Å². The fourth-order valence-electron chi connectivity index (χ4n) is 6.67. The highest BCUT2D eigenvalue weighted by Crippen LogP contribution is 2.65. The van der Waals surface area contributed by atoms with Crippen molar-refractivity contribution in [3.63, 3.8) is 0 Å². The lowest BCUT2D eigenvalue weighted by atomic mass is 9.85. The topological polar surface area (TPSA) is 174 Å². The van der Waals surface area contributed by atoms with Crippen LogP contribution in [0.15, 0.2) is 12.7 Å². The molecule has 14 heteroatoms. The van der Waals surface area contributed by atoms with Gasteiger partial charge in [0.1, 0.15) is 18.1 Å². The van der Waals surface area contributed by atoms with E-state index < -0.39 is 79.8 Å². The molecule has 13 nitrogen and oxygen atoms in total. The summed E-state index contributed by atoms with van der Waals surface area (Å²) in [6, 6.07) is -4.12. The maximum atomic E-state index is 14.4. The Morgan fingerprint density at radius 2 is 1.56 bits per heavy atom. The van der Waals surface area contributed by atoms with E-state index in [1.807, 2.05) is 55.4 Å². The van der Waals surface area contributed by atoms with E-state index >= 15 is 0 Å². The van der Waals surface area contributed by atoms with Crippen molar-refractivity contribution >= 4 is 39.6 Å². The zero-order chi connectivity index (χ0) is 36.7. The number of hydrogen-bond acceptors (Lipinski definition) is 7. The van der Waals surface area contributed by atoms with Crippen LogP contribution in [0.5, 0.6) is 0 Å². The van der Waals surface area contributed by atoms with Gasteiger partial charge in [-0.3, -0.25) is 19.2 Å². The van der Waals surface area contributed by atoms with Gasteiger partial charge >= 0.3 is 6.03 Å². The lowest BCUT2D eigenvalue weighted by molar-refractivity contribution is -0.145. The molecule has 2 saturated carbocycles. The van der Waals surface area contributed by atoms with Gasteiger partial charge in [0.2, 0.25) is 27.6 Å². The molecule has 4 N–H and O–H groups in total. The maximum Gasteiger partial charge on any atom is 0.315 e. The summed E-state index contributed by atoms with van der Waals surface area (Å²) in [5, 5.41) is 10.4. The van der Waals surface area contributed by atoms with Crippen molar-refractivity contribution in [2.75, 3.05) is 26.7 Å². The molecule has 1 unspecified atom stereocenters. The molecule has 3 fully saturated rings. The van der Waals surface area contributed by atoms with Gasteiger partial charge in [0.25, 0.3) is 5.91 Å². The third-order valence-corrected chi connectivity index (χ3v) is 12.5. The van der Waals surface area contributed by atoms with E-state index in [9.17, 15) is 32.4 Å². The summed E-state index contributed by atoms with van der Waals surface area (Å²) in [5.41, 5.74) is -1.49. The lowest BCUT2D eigenvalue weighted by Crippen LogP contribution is -2.63. The second-order valence-electron chi connectivity index (χ2n) is 16.8. The molecule has 272 valence electrons. The fourth-order valence-corrected chi connectivity index (χ4v) is 7.75. The van der Waals surface area contributed by atoms with Crippen LogP contribution in [0.4, 0.5) is 4.79 Å². The molecule has 1 saturated heterocycles. The standard InChI is InChI=1S/C34H58N6O7S/c1-13-16-35-29(43)26(41)24(20-14-15-20)37-28(42)25-23-21(34(23,10)11)17-40(25)30(44)27(33(7,8)9)38-31(45)36-22(32(4,5)6)18-39(12)48(46,47)19(2)3/h13,19-25,27H,1,14-18H2,2-12H3,(H,35,43)(H,37,42)(H2,36,38,45)/t21-,22+,23-,24?,25-,27+/m0/s1. The molecular formula is C34H58N6O7S. The molecule has 0 radical (unpaired) electrons. The monoisotopic (exact) mass is 694 g/mol. The van der Waals surface area contributed by atoms with Gasteiger partial charge in [0.05, 0.1) is 5.25 Å². The normalized spacial score (nSPS) is 23.9. The highest BCUT2D eigenvalue weighted by molar-refractivity contribution is 7.89. The van der Waals surface area contributed by atoms with Crippen molar-refractivity contribution in [2.45, 2.75) is 111 Å². The number of carbonyl (C=O) groups is 5. The maximum absolute atomic E-state index is 14.4. The highest BCUT2D eigenvalue weighted by Gasteiger charge is 2.70. The zero-order valence-corrected chi connectivity index (χ0v) is 31.4. The molecule has 3 aliphatic rings. The molecule has 1 aliphatic heterocycles. The fraction of sp³-hybridized carbons (Fsp3) is 0.794. The highest BCUT2D eigenvalue weighted by atomic mass is 32.2. The molecular weight excluding hydrogens is 636 g/mol. The average molecular weight is 695 g/mol. The predicted octanol–water partition coefficient (Wildman–Crippen LogP) is 2.03. The minimum Gasteiger partial charge on any atom is -0.346 e. The quantitative estimate of drug-likeness (QED) is 0.159. The second kappa shape index (κ2) is 14.1. The number of sulfonamides is 1. The van der Waals surface area contributed by atoms with Crippen molar-refractivity contribution in [3.05, 3.63) is 12.7 Å². The number of fused-ring (bicyclic) bond motifs is 1. The molecule has 0 aromatic rings. The largest absolute Gasteiger partial charge is 0.346 e. The van der Waals surface area contributed by atoms with Crippen molar-refractivity contribution in [2.24, 2.45) is 34.0 Å². The van der Waals surface area contributed by atoms with Crippen LogP contribution in [-0.2, 0) is 29.2 Å². The number of ketones is 1. The number of likely N-dealkylation sites (N-methyl/N-ethyl adjacent to an activating group) is 1. The lowest BCUT2D eigenvalue weighted by Gasteiger charge is -2.39. The number of nitrogens with one attached hydrogen (secondary N) is 4. The Morgan fingerprint density at radius 1 is 0.979 bits per heavy atom. The van der Waals surface area contributed by atoms with Gasteiger partial charge in [-0.25, -0.2) is 17.5 Å². The SMILES string of the molecule is C=CCNC(=O)C(=O)C(NC(=O)[C@@H]1[C@@H]2[C@H](CN1C(=O)[C@@H](NC(=O)N[C@H](CN(C)S(=O)(=O)C(C)C)C(C)(C)C)C(C)(C)C)C2(C)C)C1CC1. The third kappa shape index (κ3) is 8.58. The van der Waals surface area contributed by atoms with Gasteiger partial charge in [-0.2, -0.15) is 0 Å². The van der Waals surface area contributed by atoms with Crippen LogP contribution < -0.4 is 21.3 Å². The first-order valence-electron chi connectivity index (χ1n) is 16.9. The second-order valence-corrected chi connectivity index (χ2v) is 19.4. The summed E-state index contributed by atoms with van der Waals surface area (Å²) in [4.78, 5) is 69.0. The Kier molecular flexibility index (Phi) is 11.6. The number of likely N-dealkylation sites (tertiary alicyclic amines) is 1. The summed E-state index contributed by atoms with van der Waals surface area (Å²) in [5.74, 6) is -2.66. The molecule has 1 heterocycles. The van der Waals surface area contributed by atoms with Crippen LogP contribution in [0.25, 0.3) is 0 Å². The molecule has 3 rings (SSSR count). The van der Waals surface area contributed by atoms with Crippen LogP contribution >= 0.6 is 0 Å². The van der Waals surface area contributed by atoms with Gasteiger partial charge in [0, 0.05) is 32.7 Å². The van der Waals surface area contributed by atoms with E-state index in [-0.39, 0.29) is 36.3 Å². The minimum absolute atomic E-state index is 0.0326. The first-order valence-corrected chi connectivity index (χ1v) is 18.4. The smallest absolute Gasteiger partial charge is 0.315 e. The van der Waals surface area contributed by atoms with Crippen molar-refractivity contribution < 1.29 is 32.4 Å². The molecule has 2 aliphatic carbocycles. The van der Waals surface area contributed by atoms with Gasteiger partial charge in [-0.1, -0.05) is 61.5 Å². The minimum atomic E-state index is -3.57. The number of rotatable bonds is 14. The van der Waals surface area contributed by atoms with E-state index in [0.717, 1.165) is 0 Å². The van der Waals surface area contributed by atoms with Crippen molar-refractivity contribution in [1.82, 2.24) is 30.5 Å². The summed E-state index contributed by atoms with van der Waals surface area (Å²) in [6.07, 6.45) is 2.87. The number of amides is 5. The summed E-state index contributed by atoms with van der Waals surface area (Å²) >= 11 is 0. The van der Waals surface area contributed by atoms with Crippen LogP contribution in [0, 0.1) is 34.0 Å². The summed E-state index contributed by atoms with van der Waals surface area (Å²) in [7, 11) is -2.09. The van der Waals surface area contributed by atoms with Gasteiger partial charge < -0.3 is 26.2 Å². The molecule has 0 aromatic heterocycles. The van der Waals surface area contributed by atoms with Crippen LogP contribution in [0.1, 0.15) is 82.1 Å². The molecule has 0 aromatic carbocycles. The number of Topliss-reactive ketones (excluding diaryl/α,β-unsaturated/α-hetero) is 1. The number of nitrogens with zero attached hydrogens (tertiary/aromatic N) is 2. The summed E-state index contributed by atoms with van der Waals surface area (Å²) in [6.45, 7) is 22.4. The van der Waals surface area contributed by atoms with E-state index in [2.05, 4.69) is 27.8 Å². The Labute approximate surface area is 286 Å². The first-order chi connectivity index (χ1) is 21.9. The first kappa shape index (κ1) is 39.4. The Morgan fingerprint density at radius 3 is 2.04 bits per heavy atom. The van der Waals surface area contributed by atoms with E-state index in [1.54, 1.807) is 13.8 Å². The Balaban J connectivity index is 1.83. The Bertz CT molecular complexity index is 1390. The average Bonchev–Trinajstić information content (AvgIpc) is 3.83. The van der Waals surface area contributed by atoms with E-state index in [4.69, 9.17) is 0 Å². The van der Waals surface area contributed by atoms with Gasteiger partial charge in [-0.05, 0) is 60.7 Å². The third-order valence-electron chi connectivity index (χ3n) is 10.3. The number of carbonyl (C=O) groups excluding carboxylic acids is 5. The number of urea groups is 1. The van der Waals surface area contributed by atoms with E-state index in [1.165, 1.54) is 22.3 Å². The predicted molar refractivity (Wildman–Crippen MR) is 184 cm³/mol. The molecule has 6 atom stereocenters. The number of piperidine rings is 1. The Hall–Kier alpha value is -3.00. The van der Waals surface area contributed by atoms with Crippen LogP contribution in [-0.4, -0.2) is 103 Å². The van der Waals surface area contributed by atoms with Crippen LogP contribution in [0.2, 0.25) is 0 Å².